The Hall–Kier alpha value is -2.73. The number of aliphatic hydroxyl groups excluding tert-OH is 1. The number of nitrogens with one attached hydrogen (secondary N) is 1. The maximum atomic E-state index is 13.7. The largest absolute Gasteiger partial charge is 0.394 e. The molecule has 1 aromatic carbocycles. The van der Waals surface area contributed by atoms with Crippen molar-refractivity contribution in [2.75, 3.05) is 6.61 Å². The number of aliphatic hydroxyl groups is 1. The predicted octanol–water partition coefficient (Wildman–Crippen LogP) is 3.19. The lowest BCUT2D eigenvalue weighted by molar-refractivity contribution is -0.122. The third kappa shape index (κ3) is 4.01. The van der Waals surface area contributed by atoms with Gasteiger partial charge in [-0.05, 0) is 63.1 Å². The van der Waals surface area contributed by atoms with E-state index in [0.717, 1.165) is 22.5 Å². The molecule has 142 valence electrons. The van der Waals surface area contributed by atoms with Gasteiger partial charge in [-0.15, -0.1) is 0 Å². The quantitative estimate of drug-likeness (QED) is 0.726. The van der Waals surface area contributed by atoms with Crippen LogP contribution in [0.25, 0.3) is 16.9 Å². The Balaban J connectivity index is 2.09. The minimum Gasteiger partial charge on any atom is -0.394 e. The van der Waals surface area contributed by atoms with Crippen LogP contribution >= 0.6 is 0 Å². The first kappa shape index (κ1) is 19.0. The molecule has 27 heavy (non-hydrogen) atoms. The van der Waals surface area contributed by atoms with Gasteiger partial charge >= 0.3 is 0 Å². The fourth-order valence-electron chi connectivity index (χ4n) is 3.00. The molecule has 0 aliphatic heterocycles. The van der Waals surface area contributed by atoms with Gasteiger partial charge in [0.05, 0.1) is 30.0 Å². The van der Waals surface area contributed by atoms with Gasteiger partial charge in [0, 0.05) is 11.8 Å². The van der Waals surface area contributed by atoms with Crippen molar-refractivity contribution in [3.63, 3.8) is 0 Å². The summed E-state index contributed by atoms with van der Waals surface area (Å²) in [5.74, 6) is -0.486. The van der Waals surface area contributed by atoms with E-state index < -0.39 is 5.54 Å². The van der Waals surface area contributed by atoms with E-state index in [1.54, 1.807) is 32.9 Å². The van der Waals surface area contributed by atoms with Crippen molar-refractivity contribution in [1.29, 1.82) is 0 Å². The van der Waals surface area contributed by atoms with Gasteiger partial charge < -0.3 is 14.8 Å². The summed E-state index contributed by atoms with van der Waals surface area (Å²) in [4.78, 5) is 17.3. The third-order valence-corrected chi connectivity index (χ3v) is 4.50. The van der Waals surface area contributed by atoms with Crippen molar-refractivity contribution in [1.82, 2.24) is 14.7 Å². The Bertz CT molecular complexity index is 1010. The maximum Gasteiger partial charge on any atom is 0.226 e. The summed E-state index contributed by atoms with van der Waals surface area (Å²) in [6.07, 6.45) is 2.03. The number of halogens is 1. The van der Waals surface area contributed by atoms with E-state index in [4.69, 9.17) is 0 Å². The molecule has 3 aromatic rings. The second-order valence-electron chi connectivity index (χ2n) is 7.57. The van der Waals surface area contributed by atoms with Gasteiger partial charge in [0.1, 0.15) is 11.5 Å². The summed E-state index contributed by atoms with van der Waals surface area (Å²) in [6.45, 7) is 7.03. The van der Waals surface area contributed by atoms with Crippen LogP contribution in [0.1, 0.15) is 30.7 Å². The average molecular weight is 369 g/mol. The normalized spacial score (nSPS) is 11.8. The number of carbonyl (C=O) groups excluding carboxylic acids is 1. The number of aryl methyl sites for hydroxylation is 2. The van der Waals surface area contributed by atoms with Gasteiger partial charge in [0.2, 0.25) is 5.91 Å². The first-order valence-electron chi connectivity index (χ1n) is 8.86. The highest BCUT2D eigenvalue weighted by Crippen LogP contribution is 2.27. The average Bonchev–Trinajstić information content (AvgIpc) is 2.94. The Labute approximate surface area is 157 Å². The minimum atomic E-state index is -0.708. The lowest BCUT2D eigenvalue weighted by Gasteiger charge is -2.23. The number of hydrogen-bond acceptors (Lipinski definition) is 3. The fraction of sp³-hybridized carbons (Fsp3) is 0.333. The van der Waals surface area contributed by atoms with Gasteiger partial charge in [-0.2, -0.15) is 0 Å². The molecular formula is C21H24FN3O2. The zero-order chi connectivity index (χ0) is 19.8. The second kappa shape index (κ2) is 7.12. The first-order chi connectivity index (χ1) is 12.7. The number of nitrogens with zero attached hydrogens (tertiary/aromatic N) is 2. The summed E-state index contributed by atoms with van der Waals surface area (Å²) in [5, 5.41) is 12.2. The molecule has 0 fully saturated rings. The molecule has 0 unspecified atom stereocenters. The summed E-state index contributed by atoms with van der Waals surface area (Å²) < 4.78 is 15.6. The molecule has 0 bridgehead atoms. The number of hydrogen-bond donors (Lipinski definition) is 2. The van der Waals surface area contributed by atoms with Gasteiger partial charge in [-0.25, -0.2) is 9.37 Å². The van der Waals surface area contributed by atoms with Crippen LogP contribution in [0.5, 0.6) is 0 Å². The number of pyridine rings is 1. The minimum absolute atomic E-state index is 0.0970. The smallest absolute Gasteiger partial charge is 0.226 e. The number of aromatic nitrogens is 2. The number of imidazole rings is 1. The molecule has 0 aliphatic rings. The standard InChI is InChI=1S/C21H24FN3O2/c1-13-5-8-18-23-20(15-6-7-16(22)14(2)9-15)17(25(18)11-13)10-19(27)24-21(3,4)12-26/h5-9,11,26H,10,12H2,1-4H3,(H,24,27). The monoisotopic (exact) mass is 369 g/mol. The molecule has 6 heteroatoms. The molecular weight excluding hydrogens is 345 g/mol. The Morgan fingerprint density at radius 2 is 2.00 bits per heavy atom. The third-order valence-electron chi connectivity index (χ3n) is 4.50. The van der Waals surface area contributed by atoms with Gasteiger partial charge in [-0.1, -0.05) is 6.07 Å². The molecule has 0 spiro atoms. The molecule has 0 radical (unpaired) electrons. The predicted molar refractivity (Wildman–Crippen MR) is 103 cm³/mol. The molecule has 1 amide bonds. The van der Waals surface area contributed by atoms with E-state index >= 15 is 0 Å². The van der Waals surface area contributed by atoms with Crippen molar-refractivity contribution in [2.45, 2.75) is 39.7 Å². The van der Waals surface area contributed by atoms with E-state index in [0.29, 0.717) is 11.3 Å². The molecule has 0 atom stereocenters. The van der Waals surface area contributed by atoms with Crippen LogP contribution in [0.3, 0.4) is 0 Å². The Morgan fingerprint density at radius 1 is 1.26 bits per heavy atom. The van der Waals surface area contributed by atoms with Gasteiger partial charge in [0.25, 0.3) is 0 Å². The molecule has 3 rings (SSSR count). The SMILES string of the molecule is Cc1ccc2nc(-c3ccc(F)c(C)c3)c(CC(=O)NC(C)(C)CO)n2c1. The molecule has 0 aliphatic carbocycles. The number of benzene rings is 1. The van der Waals surface area contributed by atoms with Crippen LogP contribution in [0, 0.1) is 19.7 Å². The second-order valence-corrected chi connectivity index (χ2v) is 7.57. The van der Waals surface area contributed by atoms with Crippen LogP contribution < -0.4 is 5.32 Å². The summed E-state index contributed by atoms with van der Waals surface area (Å²) >= 11 is 0. The molecule has 0 saturated carbocycles. The molecule has 2 heterocycles. The first-order valence-corrected chi connectivity index (χ1v) is 8.86. The maximum absolute atomic E-state index is 13.7. The Kier molecular flexibility index (Phi) is 5.02. The number of carbonyl (C=O) groups is 1. The van der Waals surface area contributed by atoms with E-state index in [1.807, 2.05) is 29.7 Å². The van der Waals surface area contributed by atoms with Crippen molar-refractivity contribution in [2.24, 2.45) is 0 Å². The number of fused-ring (bicyclic) bond motifs is 1. The molecule has 5 nitrogen and oxygen atoms in total. The fourth-order valence-corrected chi connectivity index (χ4v) is 3.00. The highest BCUT2D eigenvalue weighted by atomic mass is 19.1. The van der Waals surface area contributed by atoms with E-state index in [-0.39, 0.29) is 24.8 Å². The zero-order valence-corrected chi connectivity index (χ0v) is 16.0. The van der Waals surface area contributed by atoms with E-state index in [2.05, 4.69) is 10.3 Å². The van der Waals surface area contributed by atoms with Gasteiger partial charge in [-0.3, -0.25) is 4.79 Å². The number of amides is 1. The van der Waals surface area contributed by atoms with Gasteiger partial charge in [0.15, 0.2) is 0 Å². The van der Waals surface area contributed by atoms with Crippen LogP contribution in [-0.2, 0) is 11.2 Å². The summed E-state index contributed by atoms with van der Waals surface area (Å²) in [5.41, 5.74) is 3.73. The lowest BCUT2D eigenvalue weighted by atomic mass is 10.0. The van der Waals surface area contributed by atoms with E-state index in [1.165, 1.54) is 6.07 Å². The van der Waals surface area contributed by atoms with Crippen molar-refractivity contribution >= 4 is 11.6 Å². The summed E-state index contributed by atoms with van der Waals surface area (Å²) in [6, 6.07) is 8.69. The van der Waals surface area contributed by atoms with Crippen molar-refractivity contribution in [3.05, 3.63) is 59.2 Å². The highest BCUT2D eigenvalue weighted by molar-refractivity contribution is 5.82. The summed E-state index contributed by atoms with van der Waals surface area (Å²) in [7, 11) is 0. The van der Waals surface area contributed by atoms with Crippen molar-refractivity contribution in [3.8, 4) is 11.3 Å². The van der Waals surface area contributed by atoms with Crippen LogP contribution in [0.4, 0.5) is 4.39 Å². The molecule has 2 N–H and O–H groups in total. The van der Waals surface area contributed by atoms with Crippen LogP contribution in [-0.4, -0.2) is 32.5 Å². The Morgan fingerprint density at radius 3 is 2.67 bits per heavy atom. The molecule has 0 saturated heterocycles. The zero-order valence-electron chi connectivity index (χ0n) is 16.0. The lowest BCUT2D eigenvalue weighted by Crippen LogP contribution is -2.47. The van der Waals surface area contributed by atoms with Crippen molar-refractivity contribution < 1.29 is 14.3 Å². The van der Waals surface area contributed by atoms with Crippen LogP contribution in [0.2, 0.25) is 0 Å². The highest BCUT2D eigenvalue weighted by Gasteiger charge is 2.22. The topological polar surface area (TPSA) is 66.6 Å². The molecule has 2 aromatic heterocycles. The van der Waals surface area contributed by atoms with E-state index in [9.17, 15) is 14.3 Å². The van der Waals surface area contributed by atoms with Crippen LogP contribution in [0.15, 0.2) is 36.5 Å². The number of rotatable bonds is 5.